The molecule has 10 nitrogen and oxygen atoms in total. The second-order valence-corrected chi connectivity index (χ2v) is 14.4. The summed E-state index contributed by atoms with van der Waals surface area (Å²) in [4.78, 5) is 34.3. The lowest BCUT2D eigenvalue weighted by Crippen LogP contribution is -2.59. The molecule has 2 heterocycles. The Balaban J connectivity index is 2.53. The van der Waals surface area contributed by atoms with Gasteiger partial charge in [0, 0.05) is 31.7 Å². The highest BCUT2D eigenvalue weighted by Crippen LogP contribution is 2.38. The molecule has 0 bridgehead atoms. The lowest BCUT2D eigenvalue weighted by atomic mass is 9.74. The number of Topliss-reactive ketones (excluding diaryl/α,β-unsaturated/α-hetero) is 1. The monoisotopic (exact) mass is 613 g/mol. The van der Waals surface area contributed by atoms with E-state index in [9.17, 15) is 14.7 Å². The molecular formula is C33H63N3O7. The van der Waals surface area contributed by atoms with Crippen LogP contribution in [0.4, 0.5) is 0 Å². The number of rotatable bonds is 10. The summed E-state index contributed by atoms with van der Waals surface area (Å²) in [6.45, 7) is 16.2. The molecule has 0 aromatic rings. The van der Waals surface area contributed by atoms with E-state index in [-0.39, 0.29) is 36.5 Å². The number of nitrogens with zero attached hydrogens (tertiary/aromatic N) is 3. The van der Waals surface area contributed by atoms with Crippen LogP contribution in [0.2, 0.25) is 0 Å². The minimum absolute atomic E-state index is 0.0477. The quantitative estimate of drug-likeness (QED) is 0.291. The Hall–Kier alpha value is -1.14. The van der Waals surface area contributed by atoms with Crippen molar-refractivity contribution in [3.63, 3.8) is 0 Å². The van der Waals surface area contributed by atoms with Gasteiger partial charge in [0.15, 0.2) is 12.1 Å². The number of carbonyl (C=O) groups is 2. The molecule has 0 aromatic carbocycles. The maximum Gasteiger partial charge on any atom is 0.319 e. The average molecular weight is 614 g/mol. The first-order valence-corrected chi connectivity index (χ1v) is 16.3. The highest BCUT2D eigenvalue weighted by molar-refractivity contribution is 6.04. The lowest BCUT2D eigenvalue weighted by molar-refractivity contribution is -0.295. The first-order chi connectivity index (χ1) is 20.0. The van der Waals surface area contributed by atoms with Gasteiger partial charge in [0.2, 0.25) is 0 Å². The highest BCUT2D eigenvalue weighted by atomic mass is 16.7. The van der Waals surface area contributed by atoms with Crippen LogP contribution in [0.1, 0.15) is 80.6 Å². The van der Waals surface area contributed by atoms with Crippen LogP contribution in [-0.2, 0) is 28.5 Å². The summed E-state index contributed by atoms with van der Waals surface area (Å²) in [6.07, 6.45) is 1.30. The maximum atomic E-state index is 14.2. The first kappa shape index (κ1) is 38.0. The molecule has 2 aliphatic heterocycles. The van der Waals surface area contributed by atoms with Crippen LogP contribution in [0, 0.1) is 17.3 Å². The van der Waals surface area contributed by atoms with Crippen molar-refractivity contribution >= 4 is 11.8 Å². The van der Waals surface area contributed by atoms with Gasteiger partial charge in [-0.2, -0.15) is 0 Å². The third-order valence-electron chi connectivity index (χ3n) is 9.50. The van der Waals surface area contributed by atoms with Crippen molar-refractivity contribution in [3.8, 4) is 0 Å². The summed E-state index contributed by atoms with van der Waals surface area (Å²) in [6, 6.07) is -0.118. The van der Waals surface area contributed by atoms with Crippen LogP contribution in [0.15, 0.2) is 0 Å². The minimum Gasteiger partial charge on any atom is -0.463 e. The third-order valence-corrected chi connectivity index (χ3v) is 9.50. The van der Waals surface area contributed by atoms with E-state index in [0.29, 0.717) is 12.8 Å². The Morgan fingerprint density at radius 1 is 1.09 bits per heavy atom. The molecule has 0 radical (unpaired) electrons. The number of cyclic esters (lactones) is 1. The molecule has 2 fully saturated rings. The number of hydrogen-bond donors (Lipinski definition) is 1. The van der Waals surface area contributed by atoms with Gasteiger partial charge >= 0.3 is 5.97 Å². The Kier molecular flexibility index (Phi) is 14.5. The van der Waals surface area contributed by atoms with E-state index in [1.165, 1.54) is 0 Å². The van der Waals surface area contributed by atoms with Gasteiger partial charge in [0.25, 0.3) is 0 Å². The molecule has 43 heavy (non-hydrogen) atoms. The molecule has 0 spiro atoms. The molecule has 2 saturated heterocycles. The van der Waals surface area contributed by atoms with E-state index in [2.05, 4.69) is 37.7 Å². The molecule has 252 valence electrons. The molecular weight excluding hydrogens is 550 g/mol. The Bertz CT molecular complexity index is 885. The SMILES string of the molecule is CCCN1C[C@H](C)C[C@@](C)(OC)[C@H](O[C@@H]2O[C@H](C)C[C@H](N(C)C)[C@H]2O)[C@@H](C)C(=O)C(C)(C)C(=O)OC[C@H]1CCCN(C)C. The van der Waals surface area contributed by atoms with Crippen molar-refractivity contribution in [2.45, 2.75) is 123 Å². The van der Waals surface area contributed by atoms with Crippen molar-refractivity contribution in [3.05, 3.63) is 0 Å². The van der Waals surface area contributed by atoms with Gasteiger partial charge in [-0.3, -0.25) is 14.5 Å². The van der Waals surface area contributed by atoms with Crippen molar-refractivity contribution in [1.29, 1.82) is 0 Å². The minimum atomic E-state index is -1.40. The summed E-state index contributed by atoms with van der Waals surface area (Å²) < 4.78 is 25.0. The number of carbonyl (C=O) groups excluding carboxylic acids is 2. The molecule has 1 N–H and O–H groups in total. The second kappa shape index (κ2) is 16.4. The molecule has 2 aliphatic rings. The number of ketones is 1. The van der Waals surface area contributed by atoms with Gasteiger partial charge < -0.3 is 33.9 Å². The zero-order valence-electron chi connectivity index (χ0n) is 29.2. The topological polar surface area (TPSA) is 101 Å². The van der Waals surface area contributed by atoms with Gasteiger partial charge in [0.1, 0.15) is 18.1 Å². The lowest BCUT2D eigenvalue weighted by Gasteiger charge is -2.47. The van der Waals surface area contributed by atoms with E-state index in [4.69, 9.17) is 18.9 Å². The van der Waals surface area contributed by atoms with Gasteiger partial charge in [-0.05, 0) is 107 Å². The van der Waals surface area contributed by atoms with Gasteiger partial charge in [-0.25, -0.2) is 0 Å². The average Bonchev–Trinajstić information content (AvgIpc) is 2.92. The summed E-state index contributed by atoms with van der Waals surface area (Å²) in [5.74, 6) is -1.38. The van der Waals surface area contributed by atoms with Crippen LogP contribution in [0.5, 0.6) is 0 Å². The van der Waals surface area contributed by atoms with E-state index < -0.39 is 41.4 Å². The number of methoxy groups -OCH3 is 1. The Labute approximate surface area is 261 Å². The molecule has 0 aromatic heterocycles. The molecule has 9 atom stereocenters. The van der Waals surface area contributed by atoms with E-state index >= 15 is 0 Å². The summed E-state index contributed by atoms with van der Waals surface area (Å²) >= 11 is 0. The number of aliphatic hydroxyl groups is 1. The van der Waals surface area contributed by atoms with Gasteiger partial charge in [0.05, 0.1) is 17.8 Å². The third kappa shape index (κ3) is 9.92. The Morgan fingerprint density at radius 2 is 1.74 bits per heavy atom. The van der Waals surface area contributed by atoms with Crippen LogP contribution in [-0.4, -0.2) is 135 Å². The predicted molar refractivity (Wildman–Crippen MR) is 169 cm³/mol. The summed E-state index contributed by atoms with van der Waals surface area (Å²) in [7, 11) is 9.63. The standard InChI is InChI=1S/C33H63N3O7/c1-13-16-36-20-22(2)19-33(7,40-12)29(43-30-27(37)26(35(10)11)18-23(3)42-30)24(4)28(38)32(5,6)31(39)41-21-25(36)15-14-17-34(8)9/h22-27,29-30,37H,13-21H2,1-12H3/t22-,23-,24+,25-,26+,27-,29-,30+,33-/m1/s1. The summed E-state index contributed by atoms with van der Waals surface area (Å²) in [5, 5.41) is 11.3. The number of hydrogen-bond acceptors (Lipinski definition) is 10. The van der Waals surface area contributed by atoms with Crippen LogP contribution in [0.25, 0.3) is 0 Å². The molecule has 0 amide bonds. The van der Waals surface area contributed by atoms with E-state index in [1.807, 2.05) is 32.8 Å². The number of aliphatic hydroxyl groups excluding tert-OH is 1. The zero-order chi connectivity index (χ0) is 32.7. The number of esters is 1. The summed E-state index contributed by atoms with van der Waals surface area (Å²) in [5.41, 5.74) is -2.30. The molecule has 0 saturated carbocycles. The first-order valence-electron chi connectivity index (χ1n) is 16.3. The Morgan fingerprint density at radius 3 is 2.30 bits per heavy atom. The van der Waals surface area contributed by atoms with E-state index in [1.54, 1.807) is 27.9 Å². The van der Waals surface area contributed by atoms with Gasteiger partial charge in [-0.15, -0.1) is 0 Å². The predicted octanol–water partition coefficient (Wildman–Crippen LogP) is 3.44. The van der Waals surface area contributed by atoms with E-state index in [0.717, 1.165) is 38.9 Å². The fourth-order valence-electron chi connectivity index (χ4n) is 6.95. The molecule has 2 rings (SSSR count). The normalized spacial score (nSPS) is 37.1. The maximum absolute atomic E-state index is 14.2. The smallest absolute Gasteiger partial charge is 0.319 e. The molecule has 10 heteroatoms. The second-order valence-electron chi connectivity index (χ2n) is 14.4. The van der Waals surface area contributed by atoms with Crippen LogP contribution in [0.3, 0.4) is 0 Å². The van der Waals surface area contributed by atoms with Crippen molar-refractivity contribution < 1.29 is 33.6 Å². The van der Waals surface area contributed by atoms with Gasteiger partial charge in [-0.1, -0.05) is 20.8 Å². The number of ether oxygens (including phenoxy) is 4. The highest BCUT2D eigenvalue weighted by Gasteiger charge is 2.51. The largest absolute Gasteiger partial charge is 0.463 e. The van der Waals surface area contributed by atoms with Crippen molar-refractivity contribution in [2.24, 2.45) is 17.3 Å². The zero-order valence-corrected chi connectivity index (χ0v) is 29.2. The van der Waals surface area contributed by atoms with Crippen LogP contribution < -0.4 is 0 Å². The molecule has 0 unspecified atom stereocenters. The molecule has 0 aliphatic carbocycles. The van der Waals surface area contributed by atoms with Crippen molar-refractivity contribution in [1.82, 2.24) is 14.7 Å². The van der Waals surface area contributed by atoms with Crippen molar-refractivity contribution in [2.75, 3.05) is 61.5 Å². The van der Waals surface area contributed by atoms with Crippen LogP contribution >= 0.6 is 0 Å². The fraction of sp³-hybridized carbons (Fsp3) is 0.939. The number of likely N-dealkylation sites (N-methyl/N-ethyl adjacent to an activating group) is 1. The fourth-order valence-corrected chi connectivity index (χ4v) is 6.95.